The van der Waals surface area contributed by atoms with Crippen molar-refractivity contribution in [2.24, 2.45) is 5.41 Å². The van der Waals surface area contributed by atoms with Gasteiger partial charge in [0.1, 0.15) is 0 Å². The molecule has 1 aliphatic heterocycles. The number of carbonyl (C=O) groups is 1. The summed E-state index contributed by atoms with van der Waals surface area (Å²) < 4.78 is 5.15. The van der Waals surface area contributed by atoms with Crippen molar-refractivity contribution < 1.29 is 14.6 Å². The van der Waals surface area contributed by atoms with Gasteiger partial charge in [-0.15, -0.1) is 6.42 Å². The van der Waals surface area contributed by atoms with Crippen molar-refractivity contribution in [3.05, 3.63) is 29.8 Å². The van der Waals surface area contributed by atoms with Gasteiger partial charge >= 0.3 is 0 Å². The zero-order valence-corrected chi connectivity index (χ0v) is 11.2. The number of nitrogens with one attached hydrogen (secondary N) is 2. The largest absolute Gasteiger partial charge is 0.396 e. The summed E-state index contributed by atoms with van der Waals surface area (Å²) in [6.07, 6.45) is 5.13. The van der Waals surface area contributed by atoms with Crippen LogP contribution in [0.15, 0.2) is 24.3 Å². The van der Waals surface area contributed by atoms with Crippen LogP contribution < -0.4 is 10.6 Å². The van der Waals surface area contributed by atoms with E-state index in [1.165, 1.54) is 0 Å². The first kappa shape index (κ1) is 14.4. The standard InChI is InChI=1S/C15H18N2O3/c1-2-7-16-14(19)12-5-3-4-6-13(12)17-8-15(9-18)10-20-11-15/h1,3-6,17-18H,7-11H2,(H,16,19). The van der Waals surface area contributed by atoms with Crippen LogP contribution in [0.25, 0.3) is 0 Å². The minimum atomic E-state index is -0.248. The summed E-state index contributed by atoms with van der Waals surface area (Å²) >= 11 is 0. The number of carbonyl (C=O) groups excluding carboxylic acids is 1. The van der Waals surface area contributed by atoms with Crippen molar-refractivity contribution in [3.63, 3.8) is 0 Å². The maximum absolute atomic E-state index is 12.0. The lowest BCUT2D eigenvalue weighted by atomic mass is 9.87. The van der Waals surface area contributed by atoms with E-state index in [0.717, 1.165) is 5.69 Å². The summed E-state index contributed by atoms with van der Waals surface area (Å²) in [5, 5.41) is 15.2. The Labute approximate surface area is 118 Å². The highest BCUT2D eigenvalue weighted by atomic mass is 16.5. The Hall–Kier alpha value is -2.03. The van der Waals surface area contributed by atoms with Crippen LogP contribution >= 0.6 is 0 Å². The number of rotatable bonds is 6. The molecule has 0 atom stereocenters. The van der Waals surface area contributed by atoms with E-state index in [4.69, 9.17) is 11.2 Å². The molecule has 0 aliphatic carbocycles. The molecule has 1 aromatic carbocycles. The molecule has 0 unspecified atom stereocenters. The molecule has 1 fully saturated rings. The molecular weight excluding hydrogens is 256 g/mol. The van der Waals surface area contributed by atoms with Crippen molar-refractivity contribution in [2.45, 2.75) is 0 Å². The maximum atomic E-state index is 12.0. The molecule has 1 aliphatic rings. The van der Waals surface area contributed by atoms with Gasteiger partial charge < -0.3 is 20.5 Å². The molecule has 3 N–H and O–H groups in total. The molecule has 20 heavy (non-hydrogen) atoms. The summed E-state index contributed by atoms with van der Waals surface area (Å²) in [4.78, 5) is 12.0. The fourth-order valence-electron chi connectivity index (χ4n) is 1.98. The molecule has 2 rings (SSSR count). The van der Waals surface area contributed by atoms with E-state index in [2.05, 4.69) is 16.6 Å². The molecule has 0 saturated carbocycles. The van der Waals surface area contributed by atoms with Crippen molar-refractivity contribution in [1.29, 1.82) is 0 Å². The molecule has 0 spiro atoms. The first-order chi connectivity index (χ1) is 9.71. The van der Waals surface area contributed by atoms with Gasteiger partial charge in [-0.25, -0.2) is 0 Å². The van der Waals surface area contributed by atoms with Crippen molar-refractivity contribution in [3.8, 4) is 12.3 Å². The van der Waals surface area contributed by atoms with Gasteiger partial charge in [0.05, 0.1) is 37.3 Å². The van der Waals surface area contributed by atoms with Gasteiger partial charge in [-0.1, -0.05) is 18.1 Å². The second-order valence-corrected chi connectivity index (χ2v) is 4.94. The quantitative estimate of drug-likeness (QED) is 0.660. The number of aliphatic hydroxyl groups is 1. The summed E-state index contributed by atoms with van der Waals surface area (Å²) in [6.45, 7) is 1.87. The Balaban J connectivity index is 2.04. The summed E-state index contributed by atoms with van der Waals surface area (Å²) in [7, 11) is 0. The third kappa shape index (κ3) is 3.10. The van der Waals surface area contributed by atoms with E-state index in [-0.39, 0.29) is 24.5 Å². The first-order valence-corrected chi connectivity index (χ1v) is 6.44. The van der Waals surface area contributed by atoms with Crippen LogP contribution in [0.5, 0.6) is 0 Å². The molecule has 5 heteroatoms. The van der Waals surface area contributed by atoms with Crippen LogP contribution in [0.2, 0.25) is 0 Å². The van der Waals surface area contributed by atoms with Gasteiger partial charge in [-0.3, -0.25) is 4.79 Å². The average molecular weight is 274 g/mol. The van der Waals surface area contributed by atoms with E-state index in [0.29, 0.717) is 25.3 Å². The lowest BCUT2D eigenvalue weighted by Crippen LogP contribution is -2.50. The van der Waals surface area contributed by atoms with E-state index in [9.17, 15) is 9.90 Å². The van der Waals surface area contributed by atoms with Crippen molar-refractivity contribution >= 4 is 11.6 Å². The lowest BCUT2D eigenvalue weighted by molar-refractivity contribution is -0.128. The Morgan fingerprint density at radius 1 is 1.45 bits per heavy atom. The summed E-state index contributed by atoms with van der Waals surface area (Å²) in [5.41, 5.74) is 1.01. The number of amides is 1. The Morgan fingerprint density at radius 3 is 2.80 bits per heavy atom. The highest BCUT2D eigenvalue weighted by molar-refractivity contribution is 5.99. The minimum absolute atomic E-state index is 0.0610. The van der Waals surface area contributed by atoms with E-state index < -0.39 is 0 Å². The second-order valence-electron chi connectivity index (χ2n) is 4.94. The highest BCUT2D eigenvalue weighted by Crippen LogP contribution is 2.27. The van der Waals surface area contributed by atoms with Crippen LogP contribution in [0.1, 0.15) is 10.4 Å². The van der Waals surface area contributed by atoms with Gasteiger partial charge in [-0.05, 0) is 12.1 Å². The van der Waals surface area contributed by atoms with Gasteiger partial charge in [0.15, 0.2) is 0 Å². The minimum Gasteiger partial charge on any atom is -0.396 e. The fourth-order valence-corrected chi connectivity index (χ4v) is 1.98. The lowest BCUT2D eigenvalue weighted by Gasteiger charge is -2.40. The normalized spacial score (nSPS) is 15.8. The number of ether oxygens (including phenoxy) is 1. The number of anilines is 1. The second kappa shape index (κ2) is 6.42. The Morgan fingerprint density at radius 2 is 2.20 bits per heavy atom. The number of aliphatic hydroxyl groups excluding tert-OH is 1. The number of hydrogen-bond donors (Lipinski definition) is 3. The molecule has 1 amide bonds. The van der Waals surface area contributed by atoms with Gasteiger partial charge in [0.2, 0.25) is 0 Å². The monoisotopic (exact) mass is 274 g/mol. The Kier molecular flexibility index (Phi) is 4.61. The highest BCUT2D eigenvalue weighted by Gasteiger charge is 2.38. The predicted octanol–water partition coefficient (Wildman–Crippen LogP) is 0.470. The molecule has 1 aromatic rings. The van der Waals surface area contributed by atoms with Gasteiger partial charge in [0, 0.05) is 12.2 Å². The average Bonchev–Trinajstić information content (AvgIpc) is 2.44. The van der Waals surface area contributed by atoms with Crippen LogP contribution in [-0.4, -0.2) is 43.9 Å². The van der Waals surface area contributed by atoms with Crippen LogP contribution in [-0.2, 0) is 4.74 Å². The van der Waals surface area contributed by atoms with Gasteiger partial charge in [0.25, 0.3) is 5.91 Å². The van der Waals surface area contributed by atoms with E-state index in [1.807, 2.05) is 12.1 Å². The first-order valence-electron chi connectivity index (χ1n) is 6.44. The zero-order chi connectivity index (χ0) is 14.4. The molecule has 0 bridgehead atoms. The molecule has 1 heterocycles. The molecule has 5 nitrogen and oxygen atoms in total. The topological polar surface area (TPSA) is 70.6 Å². The number of terminal acetylenes is 1. The number of benzene rings is 1. The Bertz CT molecular complexity index is 513. The third-order valence-corrected chi connectivity index (χ3v) is 3.33. The SMILES string of the molecule is C#CCNC(=O)c1ccccc1NCC1(CO)COC1. The third-order valence-electron chi connectivity index (χ3n) is 3.33. The maximum Gasteiger partial charge on any atom is 0.254 e. The molecule has 106 valence electrons. The summed E-state index contributed by atoms with van der Waals surface area (Å²) in [5.74, 6) is 2.16. The smallest absolute Gasteiger partial charge is 0.254 e. The molecule has 0 radical (unpaired) electrons. The summed E-state index contributed by atoms with van der Waals surface area (Å²) in [6, 6.07) is 7.21. The number of para-hydroxylation sites is 1. The van der Waals surface area contributed by atoms with Crippen molar-refractivity contribution in [1.82, 2.24) is 5.32 Å². The fraction of sp³-hybridized carbons (Fsp3) is 0.400. The van der Waals surface area contributed by atoms with Gasteiger partial charge in [-0.2, -0.15) is 0 Å². The van der Waals surface area contributed by atoms with Crippen molar-refractivity contribution in [2.75, 3.05) is 38.2 Å². The zero-order valence-electron chi connectivity index (χ0n) is 11.2. The van der Waals surface area contributed by atoms with Crippen LogP contribution in [0, 0.1) is 17.8 Å². The van der Waals surface area contributed by atoms with E-state index >= 15 is 0 Å². The van der Waals surface area contributed by atoms with Crippen LogP contribution in [0.3, 0.4) is 0 Å². The molecular formula is C15H18N2O3. The molecule has 1 saturated heterocycles. The van der Waals surface area contributed by atoms with E-state index in [1.54, 1.807) is 12.1 Å². The molecule has 0 aromatic heterocycles. The number of hydrogen-bond acceptors (Lipinski definition) is 4. The van der Waals surface area contributed by atoms with Crippen LogP contribution in [0.4, 0.5) is 5.69 Å². The predicted molar refractivity (Wildman–Crippen MR) is 76.4 cm³/mol.